The molecule has 1 saturated carbocycles. The van der Waals surface area contributed by atoms with Crippen LogP contribution in [0, 0.1) is 6.92 Å². The third-order valence-electron chi connectivity index (χ3n) is 5.81. The summed E-state index contributed by atoms with van der Waals surface area (Å²) >= 11 is 0. The quantitative estimate of drug-likeness (QED) is 0.492. The lowest BCUT2D eigenvalue weighted by molar-refractivity contribution is 0.279. The number of fused-ring (bicyclic) bond motifs is 3. The van der Waals surface area contributed by atoms with Crippen molar-refractivity contribution in [2.75, 3.05) is 0 Å². The van der Waals surface area contributed by atoms with E-state index in [2.05, 4.69) is 57.9 Å². The Hall–Kier alpha value is -2.75. The maximum Gasteiger partial charge on any atom is 0.139 e. The Kier molecular flexibility index (Phi) is 4.12. The number of pyridine rings is 1. The SMILES string of the molecule is Cc1ccc(OCc2cc3cnc4[nH]ccc4c3n2C2CCCCC2)cc1. The molecule has 3 heterocycles. The predicted molar refractivity (Wildman–Crippen MR) is 109 cm³/mol. The van der Waals surface area contributed by atoms with Crippen molar-refractivity contribution in [1.82, 2.24) is 14.5 Å². The molecule has 0 unspecified atom stereocenters. The van der Waals surface area contributed by atoms with E-state index >= 15 is 0 Å². The number of nitrogens with one attached hydrogen (secondary N) is 1. The maximum absolute atomic E-state index is 6.15. The number of rotatable bonds is 4. The van der Waals surface area contributed by atoms with E-state index in [1.165, 1.54) is 59.7 Å². The van der Waals surface area contributed by atoms with Crippen molar-refractivity contribution in [2.45, 2.75) is 51.7 Å². The standard InChI is InChI=1S/C23H25N3O/c1-16-7-9-20(10-8-16)27-15-19-13-17-14-25-23-21(11-12-24-23)22(17)26(19)18-5-3-2-4-6-18/h7-14,18H,2-6,15H2,1H3,(H,24,25). The lowest BCUT2D eigenvalue weighted by Gasteiger charge is -2.26. The van der Waals surface area contributed by atoms with Gasteiger partial charge in [0.2, 0.25) is 0 Å². The van der Waals surface area contributed by atoms with Crippen LogP contribution in [0.1, 0.15) is 49.4 Å². The average molecular weight is 359 g/mol. The van der Waals surface area contributed by atoms with Crippen molar-refractivity contribution >= 4 is 21.9 Å². The van der Waals surface area contributed by atoms with Crippen molar-refractivity contribution in [3.8, 4) is 5.75 Å². The normalized spacial score (nSPS) is 15.6. The molecule has 4 nitrogen and oxygen atoms in total. The van der Waals surface area contributed by atoms with Crippen molar-refractivity contribution in [3.63, 3.8) is 0 Å². The van der Waals surface area contributed by atoms with Crippen LogP contribution in [-0.4, -0.2) is 14.5 Å². The number of ether oxygens (including phenoxy) is 1. The molecule has 0 saturated heterocycles. The summed E-state index contributed by atoms with van der Waals surface area (Å²) in [6.45, 7) is 2.68. The van der Waals surface area contributed by atoms with E-state index < -0.39 is 0 Å². The maximum atomic E-state index is 6.15. The number of benzene rings is 1. The van der Waals surface area contributed by atoms with Crippen LogP contribution in [0.4, 0.5) is 0 Å². The minimum Gasteiger partial charge on any atom is -0.487 e. The topological polar surface area (TPSA) is 42.8 Å². The number of hydrogen-bond acceptors (Lipinski definition) is 2. The first-order valence-corrected chi connectivity index (χ1v) is 9.95. The number of nitrogens with zero attached hydrogens (tertiary/aromatic N) is 2. The number of H-pyrrole nitrogens is 1. The van der Waals surface area contributed by atoms with E-state index in [1.807, 2.05) is 12.4 Å². The second-order valence-corrected chi connectivity index (χ2v) is 7.70. The Balaban J connectivity index is 1.58. The van der Waals surface area contributed by atoms with Gasteiger partial charge in [-0.15, -0.1) is 0 Å². The van der Waals surface area contributed by atoms with Crippen LogP contribution in [0.25, 0.3) is 21.9 Å². The highest BCUT2D eigenvalue weighted by Crippen LogP contribution is 2.36. The average Bonchev–Trinajstić information content (AvgIpc) is 3.32. The molecule has 0 spiro atoms. The van der Waals surface area contributed by atoms with E-state index in [-0.39, 0.29) is 0 Å². The van der Waals surface area contributed by atoms with Crippen LogP contribution in [-0.2, 0) is 6.61 Å². The number of aromatic nitrogens is 3. The van der Waals surface area contributed by atoms with Crippen LogP contribution in [0.2, 0.25) is 0 Å². The fourth-order valence-electron chi connectivity index (χ4n) is 4.44. The van der Waals surface area contributed by atoms with Gasteiger partial charge < -0.3 is 14.3 Å². The van der Waals surface area contributed by atoms with Crippen molar-refractivity contribution in [3.05, 3.63) is 60.0 Å². The van der Waals surface area contributed by atoms with Gasteiger partial charge in [-0.2, -0.15) is 0 Å². The van der Waals surface area contributed by atoms with Gasteiger partial charge >= 0.3 is 0 Å². The number of hydrogen-bond donors (Lipinski definition) is 1. The molecule has 1 aliphatic rings. The minimum absolute atomic E-state index is 0.549. The molecule has 0 atom stereocenters. The Morgan fingerprint density at radius 2 is 1.93 bits per heavy atom. The molecule has 3 aromatic heterocycles. The second kappa shape index (κ2) is 6.76. The summed E-state index contributed by atoms with van der Waals surface area (Å²) in [4.78, 5) is 7.85. The van der Waals surface area contributed by atoms with Crippen molar-refractivity contribution < 1.29 is 4.74 Å². The van der Waals surface area contributed by atoms with E-state index in [1.54, 1.807) is 0 Å². The molecule has 4 aromatic rings. The van der Waals surface area contributed by atoms with Crippen LogP contribution in [0.3, 0.4) is 0 Å². The number of aryl methyl sites for hydroxylation is 1. The molecule has 0 amide bonds. The molecule has 1 fully saturated rings. The van der Waals surface area contributed by atoms with E-state index in [4.69, 9.17) is 4.74 Å². The summed E-state index contributed by atoms with van der Waals surface area (Å²) in [5, 5.41) is 2.41. The van der Waals surface area contributed by atoms with Gasteiger partial charge in [0.25, 0.3) is 0 Å². The molecule has 1 N–H and O–H groups in total. The minimum atomic E-state index is 0.549. The van der Waals surface area contributed by atoms with Crippen LogP contribution in [0.15, 0.2) is 48.8 Å². The molecule has 27 heavy (non-hydrogen) atoms. The van der Waals surface area contributed by atoms with Crippen molar-refractivity contribution in [2.24, 2.45) is 0 Å². The van der Waals surface area contributed by atoms with Gasteiger partial charge in [0, 0.05) is 29.2 Å². The Labute approximate surface area is 159 Å². The molecule has 5 rings (SSSR count). The Morgan fingerprint density at radius 1 is 1.11 bits per heavy atom. The van der Waals surface area contributed by atoms with Crippen LogP contribution < -0.4 is 4.74 Å². The third-order valence-corrected chi connectivity index (χ3v) is 5.81. The summed E-state index contributed by atoms with van der Waals surface area (Å²) in [6.07, 6.45) is 10.4. The molecular weight excluding hydrogens is 334 g/mol. The molecule has 0 aliphatic heterocycles. The predicted octanol–water partition coefficient (Wildman–Crippen LogP) is 5.91. The van der Waals surface area contributed by atoms with E-state index in [0.29, 0.717) is 12.6 Å². The monoisotopic (exact) mass is 359 g/mol. The zero-order valence-electron chi connectivity index (χ0n) is 15.7. The Morgan fingerprint density at radius 3 is 2.74 bits per heavy atom. The highest BCUT2D eigenvalue weighted by atomic mass is 16.5. The molecule has 0 radical (unpaired) electrons. The van der Waals surface area contributed by atoms with Crippen LogP contribution >= 0.6 is 0 Å². The second-order valence-electron chi connectivity index (χ2n) is 7.70. The first kappa shape index (κ1) is 16.4. The zero-order valence-corrected chi connectivity index (χ0v) is 15.7. The zero-order chi connectivity index (χ0) is 18.2. The first-order chi connectivity index (χ1) is 13.3. The Bertz CT molecular complexity index is 1070. The van der Waals surface area contributed by atoms with Gasteiger partial charge in [0.15, 0.2) is 0 Å². The number of aromatic amines is 1. The smallest absolute Gasteiger partial charge is 0.139 e. The van der Waals surface area contributed by atoms with E-state index in [9.17, 15) is 0 Å². The summed E-state index contributed by atoms with van der Waals surface area (Å²) in [7, 11) is 0. The van der Waals surface area contributed by atoms with Crippen LogP contribution in [0.5, 0.6) is 5.75 Å². The molecule has 1 aromatic carbocycles. The molecule has 0 bridgehead atoms. The van der Waals surface area contributed by atoms with E-state index in [0.717, 1.165) is 11.4 Å². The highest BCUT2D eigenvalue weighted by Gasteiger charge is 2.22. The van der Waals surface area contributed by atoms with Crippen molar-refractivity contribution in [1.29, 1.82) is 0 Å². The third kappa shape index (κ3) is 2.99. The summed E-state index contributed by atoms with van der Waals surface area (Å²) in [6, 6.07) is 13.3. The summed E-state index contributed by atoms with van der Waals surface area (Å²) in [5.74, 6) is 0.922. The molecular formula is C23H25N3O. The molecule has 138 valence electrons. The molecule has 1 aliphatic carbocycles. The van der Waals surface area contributed by atoms with Gasteiger partial charge in [0.1, 0.15) is 18.0 Å². The largest absolute Gasteiger partial charge is 0.487 e. The van der Waals surface area contributed by atoms with Gasteiger partial charge in [-0.3, -0.25) is 0 Å². The fraction of sp³-hybridized carbons (Fsp3) is 0.348. The highest BCUT2D eigenvalue weighted by molar-refractivity contribution is 6.03. The van der Waals surface area contributed by atoms with Gasteiger partial charge in [-0.05, 0) is 44.0 Å². The lowest BCUT2D eigenvalue weighted by Crippen LogP contribution is -2.16. The fourth-order valence-corrected chi connectivity index (χ4v) is 4.44. The lowest BCUT2D eigenvalue weighted by atomic mass is 9.95. The van der Waals surface area contributed by atoms with Gasteiger partial charge in [0.05, 0.1) is 11.2 Å². The molecule has 4 heteroatoms. The summed E-state index contributed by atoms with van der Waals surface area (Å²) in [5.41, 5.74) is 4.76. The summed E-state index contributed by atoms with van der Waals surface area (Å²) < 4.78 is 8.69. The first-order valence-electron chi connectivity index (χ1n) is 9.95. The van der Waals surface area contributed by atoms with Gasteiger partial charge in [-0.1, -0.05) is 37.0 Å². The van der Waals surface area contributed by atoms with Gasteiger partial charge in [-0.25, -0.2) is 4.98 Å².